The van der Waals surface area contributed by atoms with E-state index < -0.39 is 0 Å². The van der Waals surface area contributed by atoms with Crippen LogP contribution >= 0.6 is 0 Å². The van der Waals surface area contributed by atoms with Crippen molar-refractivity contribution < 1.29 is 9.53 Å². The molecule has 2 atom stereocenters. The zero-order valence-corrected chi connectivity index (χ0v) is 8.04. The third kappa shape index (κ3) is 1.97. The molecule has 0 aromatic rings. The van der Waals surface area contributed by atoms with Crippen LogP contribution in [0.1, 0.15) is 13.8 Å². The fourth-order valence-electron chi connectivity index (χ4n) is 1.77. The molecule has 3 nitrogen and oxygen atoms in total. The van der Waals surface area contributed by atoms with Gasteiger partial charge < -0.3 is 9.64 Å². The van der Waals surface area contributed by atoms with Crippen LogP contribution in [-0.2, 0) is 9.53 Å². The molecule has 1 rings (SSSR count). The van der Waals surface area contributed by atoms with Crippen molar-refractivity contribution in [2.45, 2.75) is 13.8 Å². The molecule has 70 valence electrons. The molecule has 0 aromatic heterocycles. The summed E-state index contributed by atoms with van der Waals surface area (Å²) < 4.78 is 4.98. The Bertz CT molecular complexity index is 170. The Hall–Kier alpha value is -0.570. The topological polar surface area (TPSA) is 29.5 Å². The summed E-state index contributed by atoms with van der Waals surface area (Å²) in [6.45, 7) is 6.29. The number of hydrogen-bond donors (Lipinski definition) is 0. The van der Waals surface area contributed by atoms with E-state index in [0.717, 1.165) is 13.1 Å². The summed E-state index contributed by atoms with van der Waals surface area (Å²) >= 11 is 0. The van der Waals surface area contributed by atoms with Crippen molar-refractivity contribution in [3.05, 3.63) is 0 Å². The second kappa shape index (κ2) is 3.90. The summed E-state index contributed by atoms with van der Waals surface area (Å²) in [6, 6.07) is 0. The van der Waals surface area contributed by atoms with Crippen molar-refractivity contribution in [1.82, 2.24) is 4.90 Å². The molecule has 1 fully saturated rings. The summed E-state index contributed by atoms with van der Waals surface area (Å²) in [5.74, 6) is 0.498. The number of carbonyl (C=O) groups excluding carboxylic acids is 1. The summed E-state index contributed by atoms with van der Waals surface area (Å²) in [6.07, 6.45) is 0. The number of carbonyl (C=O) groups is 1. The van der Waals surface area contributed by atoms with Crippen LogP contribution in [0.3, 0.4) is 0 Å². The smallest absolute Gasteiger partial charge is 0.310 e. The van der Waals surface area contributed by atoms with Gasteiger partial charge in [-0.05, 0) is 19.9 Å². The number of ether oxygens (including phenoxy) is 1. The first-order chi connectivity index (χ1) is 5.65. The molecular weight excluding hydrogens is 154 g/mol. The molecule has 0 bridgehead atoms. The van der Waals surface area contributed by atoms with Gasteiger partial charge in [0.25, 0.3) is 0 Å². The Morgan fingerprint density at radius 2 is 2.25 bits per heavy atom. The van der Waals surface area contributed by atoms with Crippen LogP contribution in [0, 0.1) is 11.8 Å². The van der Waals surface area contributed by atoms with Crippen LogP contribution in [0.2, 0.25) is 0 Å². The molecule has 0 N–H and O–H groups in total. The third-order valence-electron chi connectivity index (χ3n) is 2.38. The normalized spacial score (nSPS) is 30.6. The van der Waals surface area contributed by atoms with E-state index >= 15 is 0 Å². The van der Waals surface area contributed by atoms with Gasteiger partial charge in [0.15, 0.2) is 0 Å². The number of hydrogen-bond acceptors (Lipinski definition) is 3. The van der Waals surface area contributed by atoms with E-state index in [2.05, 4.69) is 11.8 Å². The standard InChI is InChI=1S/C9H17NO2/c1-4-12-9(11)8-6-10(3)5-7(8)2/h7-8H,4-6H2,1-3H3. The Balaban J connectivity index is 2.46. The van der Waals surface area contributed by atoms with Gasteiger partial charge in [0.1, 0.15) is 0 Å². The minimum atomic E-state index is -0.0330. The lowest BCUT2D eigenvalue weighted by Crippen LogP contribution is -2.24. The van der Waals surface area contributed by atoms with Crippen molar-refractivity contribution in [3.63, 3.8) is 0 Å². The maximum Gasteiger partial charge on any atom is 0.310 e. The summed E-state index contributed by atoms with van der Waals surface area (Å²) in [5, 5.41) is 0. The minimum absolute atomic E-state index is 0.0330. The predicted octanol–water partition coefficient (Wildman–Crippen LogP) is 0.747. The zero-order chi connectivity index (χ0) is 9.14. The molecule has 0 aliphatic carbocycles. The fourth-order valence-corrected chi connectivity index (χ4v) is 1.77. The van der Waals surface area contributed by atoms with E-state index in [4.69, 9.17) is 4.74 Å². The van der Waals surface area contributed by atoms with E-state index in [1.807, 2.05) is 14.0 Å². The summed E-state index contributed by atoms with van der Waals surface area (Å²) in [7, 11) is 2.04. The van der Waals surface area contributed by atoms with E-state index in [1.54, 1.807) is 0 Å². The Morgan fingerprint density at radius 3 is 2.67 bits per heavy atom. The maximum absolute atomic E-state index is 11.4. The molecule has 1 saturated heterocycles. The molecule has 0 amide bonds. The highest BCUT2D eigenvalue weighted by Crippen LogP contribution is 2.22. The van der Waals surface area contributed by atoms with Gasteiger partial charge in [0, 0.05) is 13.1 Å². The van der Waals surface area contributed by atoms with Gasteiger partial charge in [-0.3, -0.25) is 4.79 Å². The lowest BCUT2D eigenvalue weighted by Gasteiger charge is -2.11. The SMILES string of the molecule is CCOC(=O)C1CN(C)CC1C. The van der Waals surface area contributed by atoms with Crippen LogP contribution in [0.5, 0.6) is 0 Å². The first-order valence-electron chi connectivity index (χ1n) is 4.50. The van der Waals surface area contributed by atoms with E-state index in [0.29, 0.717) is 12.5 Å². The van der Waals surface area contributed by atoms with E-state index in [1.165, 1.54) is 0 Å². The molecule has 0 spiro atoms. The van der Waals surface area contributed by atoms with E-state index in [-0.39, 0.29) is 11.9 Å². The predicted molar refractivity (Wildman–Crippen MR) is 46.8 cm³/mol. The zero-order valence-electron chi connectivity index (χ0n) is 8.04. The van der Waals surface area contributed by atoms with Crippen LogP contribution in [0.15, 0.2) is 0 Å². The average Bonchev–Trinajstić information content (AvgIpc) is 2.30. The van der Waals surface area contributed by atoms with Crippen LogP contribution in [-0.4, -0.2) is 37.6 Å². The first kappa shape index (κ1) is 9.52. The molecule has 0 saturated carbocycles. The monoisotopic (exact) mass is 171 g/mol. The van der Waals surface area contributed by atoms with Crippen molar-refractivity contribution in [1.29, 1.82) is 0 Å². The Kier molecular flexibility index (Phi) is 3.09. The summed E-state index contributed by atoms with van der Waals surface area (Å²) in [5.41, 5.74) is 0. The van der Waals surface area contributed by atoms with E-state index in [9.17, 15) is 4.79 Å². The number of esters is 1. The molecule has 1 heterocycles. The number of rotatable bonds is 2. The average molecular weight is 171 g/mol. The second-order valence-corrected chi connectivity index (χ2v) is 3.56. The maximum atomic E-state index is 11.4. The number of nitrogens with zero attached hydrogens (tertiary/aromatic N) is 1. The molecule has 0 radical (unpaired) electrons. The molecule has 1 aliphatic rings. The van der Waals surface area contributed by atoms with Gasteiger partial charge in [0.2, 0.25) is 0 Å². The highest BCUT2D eigenvalue weighted by molar-refractivity contribution is 5.73. The fraction of sp³-hybridized carbons (Fsp3) is 0.889. The molecule has 0 aromatic carbocycles. The second-order valence-electron chi connectivity index (χ2n) is 3.56. The minimum Gasteiger partial charge on any atom is -0.466 e. The van der Waals surface area contributed by atoms with Gasteiger partial charge >= 0.3 is 5.97 Å². The lowest BCUT2D eigenvalue weighted by atomic mass is 9.99. The molecular formula is C9H17NO2. The van der Waals surface area contributed by atoms with Crippen LogP contribution in [0.4, 0.5) is 0 Å². The van der Waals surface area contributed by atoms with Crippen LogP contribution in [0.25, 0.3) is 0 Å². The Morgan fingerprint density at radius 1 is 1.58 bits per heavy atom. The molecule has 12 heavy (non-hydrogen) atoms. The lowest BCUT2D eigenvalue weighted by molar-refractivity contribution is -0.148. The first-order valence-corrected chi connectivity index (χ1v) is 4.50. The Labute approximate surface area is 73.7 Å². The summed E-state index contributed by atoms with van der Waals surface area (Å²) in [4.78, 5) is 13.5. The molecule has 3 heteroatoms. The van der Waals surface area contributed by atoms with Crippen molar-refractivity contribution in [3.8, 4) is 0 Å². The van der Waals surface area contributed by atoms with Crippen molar-refractivity contribution >= 4 is 5.97 Å². The largest absolute Gasteiger partial charge is 0.466 e. The van der Waals surface area contributed by atoms with Gasteiger partial charge in [-0.25, -0.2) is 0 Å². The van der Waals surface area contributed by atoms with Gasteiger partial charge in [0.05, 0.1) is 12.5 Å². The van der Waals surface area contributed by atoms with Crippen molar-refractivity contribution in [2.24, 2.45) is 11.8 Å². The highest BCUT2D eigenvalue weighted by Gasteiger charge is 2.33. The van der Waals surface area contributed by atoms with Gasteiger partial charge in [-0.15, -0.1) is 0 Å². The number of likely N-dealkylation sites (tertiary alicyclic amines) is 1. The van der Waals surface area contributed by atoms with Gasteiger partial charge in [-0.1, -0.05) is 6.92 Å². The third-order valence-corrected chi connectivity index (χ3v) is 2.38. The molecule has 2 unspecified atom stereocenters. The quantitative estimate of drug-likeness (QED) is 0.574. The highest BCUT2D eigenvalue weighted by atomic mass is 16.5. The van der Waals surface area contributed by atoms with Crippen LogP contribution < -0.4 is 0 Å². The van der Waals surface area contributed by atoms with Crippen molar-refractivity contribution in [2.75, 3.05) is 26.7 Å². The molecule has 1 aliphatic heterocycles. The van der Waals surface area contributed by atoms with Gasteiger partial charge in [-0.2, -0.15) is 0 Å².